The van der Waals surface area contributed by atoms with Gasteiger partial charge in [-0.2, -0.15) is 0 Å². The summed E-state index contributed by atoms with van der Waals surface area (Å²) in [7, 11) is 0. The quantitative estimate of drug-likeness (QED) is 0.732. The maximum atomic E-state index is 9.96. The second-order valence-corrected chi connectivity index (χ2v) is 6.04. The SMILES string of the molecule is CC(C)(C)CCC1(CN)CCCC1O. The van der Waals surface area contributed by atoms with Crippen LogP contribution >= 0.6 is 0 Å². The molecule has 1 aliphatic carbocycles. The predicted octanol–water partition coefficient (Wildman–Crippen LogP) is 2.30. The standard InChI is InChI=1S/C12H25NO/c1-11(2,3)7-8-12(9-13)6-4-5-10(12)14/h10,14H,4-9,13H2,1-3H3. The van der Waals surface area contributed by atoms with Crippen LogP contribution in [0.4, 0.5) is 0 Å². The van der Waals surface area contributed by atoms with Gasteiger partial charge < -0.3 is 10.8 Å². The Morgan fingerprint density at radius 2 is 2.07 bits per heavy atom. The maximum absolute atomic E-state index is 9.96. The fourth-order valence-corrected chi connectivity index (χ4v) is 2.38. The molecule has 2 heteroatoms. The predicted molar refractivity (Wildman–Crippen MR) is 60.0 cm³/mol. The zero-order valence-electron chi connectivity index (χ0n) is 9.84. The van der Waals surface area contributed by atoms with Crippen molar-refractivity contribution in [2.75, 3.05) is 6.54 Å². The van der Waals surface area contributed by atoms with Gasteiger partial charge in [-0.15, -0.1) is 0 Å². The van der Waals surface area contributed by atoms with Gasteiger partial charge in [-0.25, -0.2) is 0 Å². The van der Waals surface area contributed by atoms with E-state index in [-0.39, 0.29) is 11.5 Å². The Hall–Kier alpha value is -0.0800. The van der Waals surface area contributed by atoms with Gasteiger partial charge in [-0.1, -0.05) is 27.2 Å². The third kappa shape index (κ3) is 2.71. The highest BCUT2D eigenvalue weighted by molar-refractivity contribution is 4.93. The van der Waals surface area contributed by atoms with Crippen LogP contribution in [0.25, 0.3) is 0 Å². The van der Waals surface area contributed by atoms with E-state index in [1.165, 1.54) is 0 Å². The lowest BCUT2D eigenvalue weighted by molar-refractivity contribution is 0.0435. The Balaban J connectivity index is 2.54. The van der Waals surface area contributed by atoms with E-state index in [0.29, 0.717) is 12.0 Å². The van der Waals surface area contributed by atoms with Crippen LogP contribution < -0.4 is 5.73 Å². The minimum atomic E-state index is -0.158. The number of hydrogen-bond donors (Lipinski definition) is 2. The van der Waals surface area contributed by atoms with Gasteiger partial charge in [-0.3, -0.25) is 0 Å². The lowest BCUT2D eigenvalue weighted by atomic mass is 9.75. The molecule has 0 saturated heterocycles. The number of nitrogens with two attached hydrogens (primary N) is 1. The molecule has 14 heavy (non-hydrogen) atoms. The maximum Gasteiger partial charge on any atom is 0.0608 e. The topological polar surface area (TPSA) is 46.2 Å². The van der Waals surface area contributed by atoms with E-state index in [2.05, 4.69) is 20.8 Å². The molecule has 0 spiro atoms. The average molecular weight is 199 g/mol. The van der Waals surface area contributed by atoms with Crippen LogP contribution in [0.3, 0.4) is 0 Å². The molecule has 2 nitrogen and oxygen atoms in total. The molecule has 0 amide bonds. The van der Waals surface area contributed by atoms with Crippen molar-refractivity contribution >= 4 is 0 Å². The van der Waals surface area contributed by atoms with Crippen molar-refractivity contribution in [2.45, 2.75) is 59.0 Å². The van der Waals surface area contributed by atoms with Gasteiger partial charge >= 0.3 is 0 Å². The Morgan fingerprint density at radius 1 is 1.43 bits per heavy atom. The fourth-order valence-electron chi connectivity index (χ4n) is 2.38. The molecule has 1 aliphatic rings. The molecule has 3 N–H and O–H groups in total. The highest BCUT2D eigenvalue weighted by atomic mass is 16.3. The van der Waals surface area contributed by atoms with Gasteiger partial charge in [-0.05, 0) is 31.1 Å². The first kappa shape index (κ1) is 12.0. The largest absolute Gasteiger partial charge is 0.393 e. The summed E-state index contributed by atoms with van der Waals surface area (Å²) in [5.41, 5.74) is 6.22. The second kappa shape index (κ2) is 4.19. The molecule has 0 radical (unpaired) electrons. The number of rotatable bonds is 3. The molecule has 2 unspecified atom stereocenters. The molecule has 1 rings (SSSR count). The van der Waals surface area contributed by atoms with Gasteiger partial charge in [0.1, 0.15) is 0 Å². The minimum Gasteiger partial charge on any atom is -0.393 e. The number of aliphatic hydroxyl groups excluding tert-OH is 1. The zero-order chi connectivity index (χ0) is 10.8. The van der Waals surface area contributed by atoms with E-state index < -0.39 is 0 Å². The van der Waals surface area contributed by atoms with Crippen molar-refractivity contribution in [3.05, 3.63) is 0 Å². The van der Waals surface area contributed by atoms with Crippen LogP contribution in [0.1, 0.15) is 52.9 Å². The molecule has 0 aromatic rings. The van der Waals surface area contributed by atoms with Crippen molar-refractivity contribution in [1.29, 1.82) is 0 Å². The van der Waals surface area contributed by atoms with E-state index in [4.69, 9.17) is 5.73 Å². The lowest BCUT2D eigenvalue weighted by Gasteiger charge is -2.34. The molecular formula is C12H25NO. The summed E-state index contributed by atoms with van der Waals surface area (Å²) in [6, 6.07) is 0. The minimum absolute atomic E-state index is 0.0350. The molecule has 1 saturated carbocycles. The molecule has 0 aromatic carbocycles. The Morgan fingerprint density at radius 3 is 2.43 bits per heavy atom. The molecule has 1 fully saturated rings. The highest BCUT2D eigenvalue weighted by Gasteiger charge is 2.40. The van der Waals surface area contributed by atoms with E-state index in [9.17, 15) is 5.11 Å². The van der Waals surface area contributed by atoms with Crippen LogP contribution in [0.2, 0.25) is 0 Å². The summed E-state index contributed by atoms with van der Waals surface area (Å²) >= 11 is 0. The molecule has 0 aliphatic heterocycles. The van der Waals surface area contributed by atoms with E-state index in [1.54, 1.807) is 0 Å². The first-order valence-corrected chi connectivity index (χ1v) is 5.78. The second-order valence-electron chi connectivity index (χ2n) is 6.04. The van der Waals surface area contributed by atoms with Gasteiger partial charge in [0, 0.05) is 12.0 Å². The van der Waals surface area contributed by atoms with Crippen molar-refractivity contribution in [1.82, 2.24) is 0 Å². The van der Waals surface area contributed by atoms with E-state index >= 15 is 0 Å². The van der Waals surface area contributed by atoms with Gasteiger partial charge in [0.2, 0.25) is 0 Å². The number of hydrogen-bond acceptors (Lipinski definition) is 2. The van der Waals surface area contributed by atoms with Crippen LogP contribution in [-0.2, 0) is 0 Å². The fraction of sp³-hybridized carbons (Fsp3) is 1.00. The van der Waals surface area contributed by atoms with Crippen molar-refractivity contribution < 1.29 is 5.11 Å². The summed E-state index contributed by atoms with van der Waals surface area (Å²) in [6.07, 6.45) is 5.27. The van der Waals surface area contributed by atoms with Gasteiger partial charge in [0.25, 0.3) is 0 Å². The highest BCUT2D eigenvalue weighted by Crippen LogP contribution is 2.43. The van der Waals surface area contributed by atoms with Crippen LogP contribution in [-0.4, -0.2) is 17.8 Å². The van der Waals surface area contributed by atoms with Crippen LogP contribution in [0, 0.1) is 10.8 Å². The lowest BCUT2D eigenvalue weighted by Crippen LogP contribution is -2.38. The average Bonchev–Trinajstić information content (AvgIpc) is 2.43. The van der Waals surface area contributed by atoms with Gasteiger partial charge in [0.05, 0.1) is 6.10 Å². The molecule has 2 atom stereocenters. The Bertz CT molecular complexity index is 185. The Labute approximate surface area is 87.9 Å². The zero-order valence-corrected chi connectivity index (χ0v) is 9.84. The molecule has 0 heterocycles. The summed E-state index contributed by atoms with van der Waals surface area (Å²) in [5.74, 6) is 0. The normalized spacial score (nSPS) is 33.6. The third-order valence-electron chi connectivity index (χ3n) is 3.64. The van der Waals surface area contributed by atoms with Crippen molar-refractivity contribution in [2.24, 2.45) is 16.6 Å². The van der Waals surface area contributed by atoms with Crippen molar-refractivity contribution in [3.63, 3.8) is 0 Å². The summed E-state index contributed by atoms with van der Waals surface area (Å²) in [4.78, 5) is 0. The van der Waals surface area contributed by atoms with E-state index in [1.807, 2.05) is 0 Å². The van der Waals surface area contributed by atoms with Crippen LogP contribution in [0.15, 0.2) is 0 Å². The molecule has 84 valence electrons. The van der Waals surface area contributed by atoms with E-state index in [0.717, 1.165) is 32.1 Å². The molecule has 0 bridgehead atoms. The van der Waals surface area contributed by atoms with Crippen molar-refractivity contribution in [3.8, 4) is 0 Å². The monoisotopic (exact) mass is 199 g/mol. The summed E-state index contributed by atoms with van der Waals surface area (Å²) in [5, 5.41) is 9.96. The first-order chi connectivity index (χ1) is 6.40. The van der Waals surface area contributed by atoms with Gasteiger partial charge in [0.15, 0.2) is 0 Å². The molecule has 0 aromatic heterocycles. The smallest absolute Gasteiger partial charge is 0.0608 e. The van der Waals surface area contributed by atoms with Crippen LogP contribution in [0.5, 0.6) is 0 Å². The Kier molecular flexibility index (Phi) is 3.59. The molecular weight excluding hydrogens is 174 g/mol. The first-order valence-electron chi connectivity index (χ1n) is 5.78. The summed E-state index contributed by atoms with van der Waals surface area (Å²) < 4.78 is 0. The number of aliphatic hydroxyl groups is 1. The third-order valence-corrected chi connectivity index (χ3v) is 3.64. The summed E-state index contributed by atoms with van der Waals surface area (Å²) in [6.45, 7) is 7.39.